The van der Waals surface area contributed by atoms with E-state index >= 15 is 0 Å². The highest BCUT2D eigenvalue weighted by Crippen LogP contribution is 2.05. The van der Waals surface area contributed by atoms with E-state index in [9.17, 15) is 9.59 Å². The summed E-state index contributed by atoms with van der Waals surface area (Å²) in [6.45, 7) is 5.70. The molecule has 0 unspecified atom stereocenters. The van der Waals surface area contributed by atoms with Gasteiger partial charge in [0.05, 0.1) is 17.5 Å². The van der Waals surface area contributed by atoms with E-state index in [0.29, 0.717) is 17.7 Å². The highest BCUT2D eigenvalue weighted by molar-refractivity contribution is 5.83. The van der Waals surface area contributed by atoms with Crippen molar-refractivity contribution in [3.8, 4) is 5.69 Å². The lowest BCUT2D eigenvalue weighted by Gasteiger charge is -2.01. The highest BCUT2D eigenvalue weighted by Gasteiger charge is 2.10. The maximum absolute atomic E-state index is 12.4. The molecule has 0 bridgehead atoms. The molecule has 1 aromatic heterocycles. The molecule has 0 atom stereocenters. The number of aromatic nitrogens is 2. The molecule has 0 saturated carbocycles. The first-order chi connectivity index (χ1) is 10.5. The summed E-state index contributed by atoms with van der Waals surface area (Å²) in [4.78, 5) is 23.9. The third-order valence-corrected chi connectivity index (χ3v) is 3.11. The summed E-state index contributed by atoms with van der Waals surface area (Å²) in [5.41, 5.74) is 4.10. The number of rotatable bonds is 5. The van der Waals surface area contributed by atoms with Crippen LogP contribution >= 0.6 is 0 Å². The van der Waals surface area contributed by atoms with Gasteiger partial charge in [0.2, 0.25) is 5.91 Å². The van der Waals surface area contributed by atoms with Gasteiger partial charge in [0, 0.05) is 12.1 Å². The van der Waals surface area contributed by atoms with Gasteiger partial charge in [0.1, 0.15) is 0 Å². The molecule has 0 aliphatic heterocycles. The lowest BCUT2D eigenvalue weighted by Crippen LogP contribution is -2.21. The number of carbonyl (C=O) groups is 1. The van der Waals surface area contributed by atoms with Crippen molar-refractivity contribution in [3.63, 3.8) is 0 Å². The molecule has 6 heteroatoms. The van der Waals surface area contributed by atoms with Crippen LogP contribution in [0.3, 0.4) is 0 Å². The number of nitrogens with one attached hydrogen (secondary N) is 2. The van der Waals surface area contributed by atoms with E-state index in [4.69, 9.17) is 0 Å². The molecule has 0 spiro atoms. The number of amides is 1. The SMILES string of the molecule is Cc1[nH]n(-c2ccccc2)c(=O)c1/C=N/NC(=O)CC(C)C. The molecule has 2 rings (SSSR count). The van der Waals surface area contributed by atoms with E-state index < -0.39 is 0 Å². The van der Waals surface area contributed by atoms with Crippen molar-refractivity contribution in [2.75, 3.05) is 0 Å². The Hall–Kier alpha value is -2.63. The van der Waals surface area contributed by atoms with Crippen molar-refractivity contribution in [2.24, 2.45) is 11.0 Å². The number of nitrogens with zero attached hydrogens (tertiary/aromatic N) is 2. The Balaban J connectivity index is 2.18. The zero-order valence-corrected chi connectivity index (χ0v) is 13.0. The summed E-state index contributed by atoms with van der Waals surface area (Å²) in [5, 5.41) is 6.87. The van der Waals surface area contributed by atoms with Crippen LogP contribution in [0, 0.1) is 12.8 Å². The third kappa shape index (κ3) is 3.72. The van der Waals surface area contributed by atoms with E-state index in [1.165, 1.54) is 10.9 Å². The number of aromatic amines is 1. The summed E-state index contributed by atoms with van der Waals surface area (Å²) in [5.74, 6) is 0.0994. The first-order valence-corrected chi connectivity index (χ1v) is 7.18. The molecule has 22 heavy (non-hydrogen) atoms. The summed E-state index contributed by atoms with van der Waals surface area (Å²) < 4.78 is 1.45. The smallest absolute Gasteiger partial charge is 0.280 e. The van der Waals surface area contributed by atoms with Gasteiger partial charge in [-0.25, -0.2) is 10.1 Å². The fourth-order valence-corrected chi connectivity index (χ4v) is 2.06. The average molecular weight is 300 g/mol. The Morgan fingerprint density at radius 1 is 1.36 bits per heavy atom. The quantitative estimate of drug-likeness (QED) is 0.654. The Labute approximate surface area is 128 Å². The van der Waals surface area contributed by atoms with Gasteiger partial charge in [-0.1, -0.05) is 32.0 Å². The molecule has 2 N–H and O–H groups in total. The van der Waals surface area contributed by atoms with Crippen LogP contribution in [0.1, 0.15) is 31.5 Å². The lowest BCUT2D eigenvalue weighted by atomic mass is 10.1. The first kappa shape index (κ1) is 15.8. The van der Waals surface area contributed by atoms with Crippen molar-refractivity contribution >= 4 is 12.1 Å². The Morgan fingerprint density at radius 3 is 2.68 bits per heavy atom. The zero-order chi connectivity index (χ0) is 16.1. The number of benzene rings is 1. The Bertz CT molecular complexity index is 726. The fraction of sp³-hybridized carbons (Fsp3) is 0.312. The first-order valence-electron chi connectivity index (χ1n) is 7.18. The second-order valence-corrected chi connectivity index (χ2v) is 5.52. The third-order valence-electron chi connectivity index (χ3n) is 3.11. The van der Waals surface area contributed by atoms with Crippen LogP contribution in [0.2, 0.25) is 0 Å². The van der Waals surface area contributed by atoms with Crippen molar-refractivity contribution in [2.45, 2.75) is 27.2 Å². The molecule has 6 nitrogen and oxygen atoms in total. The Morgan fingerprint density at radius 2 is 2.05 bits per heavy atom. The molecule has 0 aliphatic carbocycles. The summed E-state index contributed by atoms with van der Waals surface area (Å²) in [6.07, 6.45) is 1.78. The van der Waals surface area contributed by atoms with Crippen LogP contribution in [0.15, 0.2) is 40.2 Å². The minimum absolute atomic E-state index is 0.164. The second-order valence-electron chi connectivity index (χ2n) is 5.52. The van der Waals surface area contributed by atoms with Crippen molar-refractivity contribution < 1.29 is 4.79 Å². The summed E-state index contributed by atoms with van der Waals surface area (Å²) >= 11 is 0. The number of carbonyl (C=O) groups excluding carboxylic acids is 1. The molecule has 1 amide bonds. The van der Waals surface area contributed by atoms with E-state index in [2.05, 4.69) is 15.6 Å². The van der Waals surface area contributed by atoms with Gasteiger partial charge in [0.25, 0.3) is 5.56 Å². The maximum atomic E-state index is 12.4. The van der Waals surface area contributed by atoms with Crippen LogP contribution < -0.4 is 11.0 Å². The normalized spacial score (nSPS) is 11.3. The van der Waals surface area contributed by atoms with E-state index in [-0.39, 0.29) is 17.4 Å². The number of aryl methyl sites for hydroxylation is 1. The van der Waals surface area contributed by atoms with Gasteiger partial charge >= 0.3 is 0 Å². The molecular weight excluding hydrogens is 280 g/mol. The minimum atomic E-state index is -0.203. The number of para-hydroxylation sites is 1. The molecular formula is C16H20N4O2. The largest absolute Gasteiger partial charge is 0.295 e. The van der Waals surface area contributed by atoms with Crippen LogP contribution in [0.5, 0.6) is 0 Å². The zero-order valence-electron chi connectivity index (χ0n) is 13.0. The van der Waals surface area contributed by atoms with Crippen LogP contribution in [-0.4, -0.2) is 21.9 Å². The van der Waals surface area contributed by atoms with Gasteiger partial charge in [0.15, 0.2) is 0 Å². The maximum Gasteiger partial charge on any atom is 0.280 e. The van der Waals surface area contributed by atoms with Crippen LogP contribution in [0.25, 0.3) is 5.69 Å². The number of hydrogen-bond donors (Lipinski definition) is 2. The standard InChI is InChI=1S/C16H20N4O2/c1-11(2)9-15(21)18-17-10-14-12(3)19-20(16(14)22)13-7-5-4-6-8-13/h4-8,10-11,19H,9H2,1-3H3,(H,18,21)/b17-10+. The van der Waals surface area contributed by atoms with Gasteiger partial charge in [-0.15, -0.1) is 0 Å². The predicted octanol–water partition coefficient (Wildman–Crippen LogP) is 1.97. The minimum Gasteiger partial charge on any atom is -0.295 e. The summed E-state index contributed by atoms with van der Waals surface area (Å²) in [7, 11) is 0. The van der Waals surface area contributed by atoms with Crippen molar-refractivity contribution in [1.29, 1.82) is 0 Å². The molecule has 0 fully saturated rings. The number of hydrogen-bond acceptors (Lipinski definition) is 3. The van der Waals surface area contributed by atoms with Gasteiger partial charge < -0.3 is 0 Å². The molecule has 1 aromatic carbocycles. The molecule has 1 heterocycles. The Kier molecular flexibility index (Phi) is 4.93. The molecule has 0 saturated heterocycles. The van der Waals surface area contributed by atoms with Gasteiger partial charge in [-0.3, -0.25) is 14.7 Å². The second kappa shape index (κ2) is 6.89. The number of hydrazone groups is 1. The van der Waals surface area contributed by atoms with E-state index in [1.807, 2.05) is 44.2 Å². The molecule has 0 aliphatic rings. The fourth-order valence-electron chi connectivity index (χ4n) is 2.06. The lowest BCUT2D eigenvalue weighted by molar-refractivity contribution is -0.121. The number of H-pyrrole nitrogens is 1. The van der Waals surface area contributed by atoms with Crippen LogP contribution in [0.4, 0.5) is 0 Å². The average Bonchev–Trinajstić information content (AvgIpc) is 2.75. The topological polar surface area (TPSA) is 79.2 Å². The van der Waals surface area contributed by atoms with E-state index in [0.717, 1.165) is 5.69 Å². The monoisotopic (exact) mass is 300 g/mol. The van der Waals surface area contributed by atoms with Crippen molar-refractivity contribution in [3.05, 3.63) is 51.9 Å². The molecule has 2 aromatic rings. The van der Waals surface area contributed by atoms with Gasteiger partial charge in [-0.2, -0.15) is 5.10 Å². The van der Waals surface area contributed by atoms with Crippen LogP contribution in [-0.2, 0) is 4.79 Å². The highest BCUT2D eigenvalue weighted by atomic mass is 16.2. The van der Waals surface area contributed by atoms with E-state index in [1.54, 1.807) is 6.92 Å². The van der Waals surface area contributed by atoms with Crippen molar-refractivity contribution in [1.82, 2.24) is 15.2 Å². The predicted molar refractivity (Wildman–Crippen MR) is 86.3 cm³/mol. The summed E-state index contributed by atoms with van der Waals surface area (Å²) in [6, 6.07) is 9.28. The molecule has 116 valence electrons. The van der Waals surface area contributed by atoms with Gasteiger partial charge in [-0.05, 0) is 25.0 Å². The molecule has 0 radical (unpaired) electrons.